The molecular weight excluding hydrogens is 282 g/mol. The molecule has 2 nitrogen and oxygen atoms in total. The molecule has 23 heavy (non-hydrogen) atoms. The molecule has 2 aromatic rings. The van der Waals surface area contributed by atoms with E-state index in [-0.39, 0.29) is 5.78 Å². The van der Waals surface area contributed by atoms with Crippen LogP contribution in [-0.4, -0.2) is 30.3 Å². The third kappa shape index (κ3) is 4.08. The van der Waals surface area contributed by atoms with Gasteiger partial charge in [0, 0.05) is 18.7 Å². The predicted octanol–water partition coefficient (Wildman–Crippen LogP) is 4.51. The number of carbonyl (C=O) groups is 1. The molecule has 0 aliphatic carbocycles. The number of ketones is 1. The van der Waals surface area contributed by atoms with Crippen LogP contribution in [0.15, 0.2) is 54.6 Å². The molecule has 120 valence electrons. The number of carbonyl (C=O) groups excluding carboxylic acids is 1. The fraction of sp³-hybridized carbons (Fsp3) is 0.381. The highest BCUT2D eigenvalue weighted by Crippen LogP contribution is 2.22. The molecule has 1 heterocycles. The molecule has 0 aromatic heterocycles. The van der Waals surface area contributed by atoms with Gasteiger partial charge in [-0.15, -0.1) is 0 Å². The van der Waals surface area contributed by atoms with Crippen molar-refractivity contribution in [3.8, 4) is 11.1 Å². The third-order valence-corrected chi connectivity index (χ3v) is 4.63. The molecular formula is C21H25NO. The Morgan fingerprint density at radius 1 is 0.913 bits per heavy atom. The Kier molecular flexibility index (Phi) is 4.92. The average Bonchev–Trinajstić information content (AvgIpc) is 2.55. The highest BCUT2D eigenvalue weighted by molar-refractivity contribution is 5.98. The van der Waals surface area contributed by atoms with Gasteiger partial charge in [-0.25, -0.2) is 0 Å². The number of likely N-dealkylation sites (tertiary alicyclic amines) is 1. The second-order valence-corrected chi connectivity index (χ2v) is 7.01. The lowest BCUT2D eigenvalue weighted by Crippen LogP contribution is -2.41. The lowest BCUT2D eigenvalue weighted by Gasteiger charge is -2.34. The molecule has 2 heteroatoms. The molecule has 0 bridgehead atoms. The molecule has 1 aliphatic heterocycles. The van der Waals surface area contributed by atoms with Crippen LogP contribution in [0.3, 0.4) is 0 Å². The van der Waals surface area contributed by atoms with Crippen molar-refractivity contribution < 1.29 is 4.79 Å². The molecule has 2 aromatic carbocycles. The fourth-order valence-electron chi connectivity index (χ4n) is 3.69. The van der Waals surface area contributed by atoms with Crippen molar-refractivity contribution in [3.63, 3.8) is 0 Å². The molecule has 2 atom stereocenters. The summed E-state index contributed by atoms with van der Waals surface area (Å²) in [6.45, 7) is 7.18. The zero-order valence-electron chi connectivity index (χ0n) is 14.0. The molecule has 1 aliphatic rings. The third-order valence-electron chi connectivity index (χ3n) is 4.63. The second-order valence-electron chi connectivity index (χ2n) is 7.01. The maximum atomic E-state index is 12.5. The van der Waals surface area contributed by atoms with E-state index in [9.17, 15) is 4.79 Å². The Morgan fingerprint density at radius 3 is 2.09 bits per heavy atom. The quantitative estimate of drug-likeness (QED) is 0.774. The minimum atomic E-state index is 0.228. The standard InChI is InChI=1S/C21H25NO/c1-16-12-17(2)14-22(13-16)15-21(23)20-10-8-19(9-11-20)18-6-4-3-5-7-18/h3-11,16-17H,12-15H2,1-2H3. The lowest BCUT2D eigenvalue weighted by atomic mass is 9.91. The Balaban J connectivity index is 1.66. The summed E-state index contributed by atoms with van der Waals surface area (Å²) in [5, 5.41) is 0. The summed E-state index contributed by atoms with van der Waals surface area (Å²) in [6.07, 6.45) is 1.27. The van der Waals surface area contributed by atoms with E-state index in [1.54, 1.807) is 0 Å². The van der Waals surface area contributed by atoms with Crippen molar-refractivity contribution in [2.45, 2.75) is 20.3 Å². The first-order valence-electron chi connectivity index (χ1n) is 8.53. The SMILES string of the molecule is CC1CC(C)CN(CC(=O)c2ccc(-c3ccccc3)cc2)C1. The fourth-order valence-corrected chi connectivity index (χ4v) is 3.69. The number of rotatable bonds is 4. The summed E-state index contributed by atoms with van der Waals surface area (Å²) in [5.41, 5.74) is 3.16. The van der Waals surface area contributed by atoms with E-state index in [4.69, 9.17) is 0 Å². The largest absolute Gasteiger partial charge is 0.295 e. The molecule has 2 unspecified atom stereocenters. The topological polar surface area (TPSA) is 20.3 Å². The molecule has 0 saturated carbocycles. The van der Waals surface area contributed by atoms with Gasteiger partial charge in [0.05, 0.1) is 6.54 Å². The smallest absolute Gasteiger partial charge is 0.176 e. The molecule has 0 spiro atoms. The van der Waals surface area contributed by atoms with Gasteiger partial charge in [0.25, 0.3) is 0 Å². The minimum absolute atomic E-state index is 0.228. The minimum Gasteiger partial charge on any atom is -0.295 e. The van der Waals surface area contributed by atoms with E-state index in [0.29, 0.717) is 18.4 Å². The Morgan fingerprint density at radius 2 is 1.48 bits per heavy atom. The number of benzene rings is 2. The number of nitrogens with zero attached hydrogens (tertiary/aromatic N) is 1. The van der Waals surface area contributed by atoms with Crippen LogP contribution in [-0.2, 0) is 0 Å². The second kappa shape index (κ2) is 7.10. The highest BCUT2D eigenvalue weighted by Gasteiger charge is 2.23. The predicted molar refractivity (Wildman–Crippen MR) is 95.6 cm³/mol. The van der Waals surface area contributed by atoms with Crippen molar-refractivity contribution >= 4 is 5.78 Å². The summed E-state index contributed by atoms with van der Waals surface area (Å²) in [4.78, 5) is 14.8. The Labute approximate surface area is 139 Å². The monoisotopic (exact) mass is 307 g/mol. The van der Waals surface area contributed by atoms with Crippen LogP contribution in [0.4, 0.5) is 0 Å². The van der Waals surface area contributed by atoms with Gasteiger partial charge in [-0.3, -0.25) is 9.69 Å². The molecule has 3 rings (SSSR count). The van der Waals surface area contributed by atoms with Crippen molar-refractivity contribution in [2.24, 2.45) is 11.8 Å². The van der Waals surface area contributed by atoms with Gasteiger partial charge in [-0.1, -0.05) is 68.4 Å². The summed E-state index contributed by atoms with van der Waals surface area (Å²) in [7, 11) is 0. The van der Waals surface area contributed by atoms with Gasteiger partial charge in [0.1, 0.15) is 0 Å². The average molecular weight is 307 g/mol. The van der Waals surface area contributed by atoms with Crippen molar-refractivity contribution in [2.75, 3.05) is 19.6 Å². The van der Waals surface area contributed by atoms with Crippen molar-refractivity contribution in [1.29, 1.82) is 0 Å². The zero-order chi connectivity index (χ0) is 16.2. The van der Waals surface area contributed by atoms with Gasteiger partial charge in [0.15, 0.2) is 5.78 Å². The van der Waals surface area contributed by atoms with E-state index in [0.717, 1.165) is 24.2 Å². The van der Waals surface area contributed by atoms with Crippen LogP contribution in [0.5, 0.6) is 0 Å². The maximum absolute atomic E-state index is 12.5. The number of hydrogen-bond acceptors (Lipinski definition) is 2. The van der Waals surface area contributed by atoms with Crippen LogP contribution in [0.25, 0.3) is 11.1 Å². The number of piperidine rings is 1. The van der Waals surface area contributed by atoms with Crippen LogP contribution in [0.1, 0.15) is 30.6 Å². The van der Waals surface area contributed by atoms with Crippen molar-refractivity contribution in [1.82, 2.24) is 4.90 Å². The Hall–Kier alpha value is -1.93. The van der Waals surface area contributed by atoms with Gasteiger partial charge in [0.2, 0.25) is 0 Å². The van der Waals surface area contributed by atoms with Crippen LogP contribution >= 0.6 is 0 Å². The van der Waals surface area contributed by atoms with Crippen LogP contribution in [0, 0.1) is 11.8 Å². The van der Waals surface area contributed by atoms with Gasteiger partial charge < -0.3 is 0 Å². The first-order valence-corrected chi connectivity index (χ1v) is 8.53. The van der Waals surface area contributed by atoms with E-state index in [2.05, 4.69) is 30.9 Å². The summed E-state index contributed by atoms with van der Waals surface area (Å²) < 4.78 is 0. The van der Waals surface area contributed by atoms with Gasteiger partial charge in [-0.05, 0) is 29.4 Å². The summed E-state index contributed by atoms with van der Waals surface area (Å²) in [5.74, 6) is 1.60. The van der Waals surface area contributed by atoms with Gasteiger partial charge in [-0.2, -0.15) is 0 Å². The van der Waals surface area contributed by atoms with E-state index >= 15 is 0 Å². The zero-order valence-corrected chi connectivity index (χ0v) is 14.0. The number of hydrogen-bond donors (Lipinski definition) is 0. The first kappa shape index (κ1) is 15.9. The maximum Gasteiger partial charge on any atom is 0.176 e. The molecule has 1 fully saturated rings. The van der Waals surface area contributed by atoms with Crippen LogP contribution < -0.4 is 0 Å². The highest BCUT2D eigenvalue weighted by atomic mass is 16.1. The summed E-state index contributed by atoms with van der Waals surface area (Å²) in [6, 6.07) is 18.3. The van der Waals surface area contributed by atoms with Crippen molar-refractivity contribution in [3.05, 3.63) is 60.2 Å². The normalized spacial score (nSPS) is 22.0. The molecule has 0 N–H and O–H groups in total. The summed E-state index contributed by atoms with van der Waals surface area (Å²) >= 11 is 0. The van der Waals surface area contributed by atoms with Gasteiger partial charge >= 0.3 is 0 Å². The lowest BCUT2D eigenvalue weighted by molar-refractivity contribution is 0.0849. The molecule has 0 radical (unpaired) electrons. The Bertz CT molecular complexity index is 637. The van der Waals surface area contributed by atoms with E-state index in [1.165, 1.54) is 12.0 Å². The molecule has 1 saturated heterocycles. The first-order chi connectivity index (χ1) is 11.1. The number of Topliss-reactive ketones (excluding diaryl/α,β-unsaturated/α-hetero) is 1. The van der Waals surface area contributed by atoms with E-state index < -0.39 is 0 Å². The van der Waals surface area contributed by atoms with Crippen LogP contribution in [0.2, 0.25) is 0 Å². The van der Waals surface area contributed by atoms with E-state index in [1.807, 2.05) is 42.5 Å². The molecule has 0 amide bonds.